The number of sulfonamides is 1. The van der Waals surface area contributed by atoms with Gasteiger partial charge in [-0.05, 0) is 18.6 Å². The molecule has 0 saturated heterocycles. The van der Waals surface area contributed by atoms with E-state index in [0.29, 0.717) is 17.9 Å². The molecule has 0 bridgehead atoms. The van der Waals surface area contributed by atoms with Gasteiger partial charge in [-0.2, -0.15) is 0 Å². The Morgan fingerprint density at radius 2 is 2.17 bits per heavy atom. The Kier molecular flexibility index (Phi) is 4.94. The van der Waals surface area contributed by atoms with E-state index in [9.17, 15) is 8.42 Å². The van der Waals surface area contributed by atoms with Crippen LogP contribution < -0.4 is 15.2 Å². The molecule has 1 aromatic carbocycles. The van der Waals surface area contributed by atoms with Crippen molar-refractivity contribution < 1.29 is 18.3 Å². The predicted molar refractivity (Wildman–Crippen MR) is 68.9 cm³/mol. The maximum atomic E-state index is 12.0. The summed E-state index contributed by atoms with van der Waals surface area (Å²) < 4.78 is 31.4. The summed E-state index contributed by atoms with van der Waals surface area (Å²) in [7, 11) is -2.26. The minimum atomic E-state index is -3.68. The maximum absolute atomic E-state index is 12.0. The molecule has 1 rings (SSSR count). The van der Waals surface area contributed by atoms with Gasteiger partial charge in [0.1, 0.15) is 5.75 Å². The zero-order valence-electron chi connectivity index (χ0n) is 10.4. The normalized spacial score (nSPS) is 13.3. The van der Waals surface area contributed by atoms with Crippen molar-refractivity contribution in [1.29, 1.82) is 0 Å². The van der Waals surface area contributed by atoms with Gasteiger partial charge in [0, 0.05) is 12.1 Å². The van der Waals surface area contributed by atoms with Gasteiger partial charge in [0.2, 0.25) is 10.0 Å². The highest BCUT2D eigenvalue weighted by Gasteiger charge is 2.19. The number of nitrogens with one attached hydrogen (secondary N) is 1. The monoisotopic (exact) mass is 274 g/mol. The average molecular weight is 274 g/mol. The highest BCUT2D eigenvalue weighted by molar-refractivity contribution is 7.89. The van der Waals surface area contributed by atoms with Crippen LogP contribution >= 0.6 is 0 Å². The van der Waals surface area contributed by atoms with Crippen LogP contribution in [0.1, 0.15) is 13.3 Å². The Bertz CT molecular complexity index is 498. The van der Waals surface area contributed by atoms with Crippen LogP contribution in [0.4, 0.5) is 5.69 Å². The van der Waals surface area contributed by atoms with Gasteiger partial charge in [0.05, 0.1) is 24.3 Å². The molecule has 7 heteroatoms. The molecule has 6 nitrogen and oxygen atoms in total. The van der Waals surface area contributed by atoms with Crippen LogP contribution in [0.25, 0.3) is 0 Å². The van der Waals surface area contributed by atoms with E-state index in [0.717, 1.165) is 0 Å². The predicted octanol–water partition coefficient (Wildman–Crippen LogP) is 0.327. The van der Waals surface area contributed by atoms with Gasteiger partial charge in [0.15, 0.2) is 0 Å². The first-order valence-electron chi connectivity index (χ1n) is 5.51. The molecule has 0 unspecified atom stereocenters. The third-order valence-corrected chi connectivity index (χ3v) is 4.07. The SMILES string of the molecule is CC[C@@H](CO)NS(=O)(=O)c1ccc(N)c(OC)c1. The van der Waals surface area contributed by atoms with Crippen LogP contribution in [0.3, 0.4) is 0 Å². The van der Waals surface area contributed by atoms with Gasteiger partial charge in [-0.25, -0.2) is 13.1 Å². The van der Waals surface area contributed by atoms with Crippen LogP contribution in [-0.4, -0.2) is 33.3 Å². The number of anilines is 1. The van der Waals surface area contributed by atoms with E-state index in [-0.39, 0.29) is 11.5 Å². The topological polar surface area (TPSA) is 102 Å². The summed E-state index contributed by atoms with van der Waals surface area (Å²) in [6, 6.07) is 3.71. The smallest absolute Gasteiger partial charge is 0.241 e. The van der Waals surface area contributed by atoms with Crippen molar-refractivity contribution in [3.8, 4) is 5.75 Å². The zero-order chi connectivity index (χ0) is 13.8. The summed E-state index contributed by atoms with van der Waals surface area (Å²) in [5, 5.41) is 9.01. The molecule has 0 aliphatic carbocycles. The van der Waals surface area contributed by atoms with E-state index in [1.165, 1.54) is 25.3 Å². The fourth-order valence-corrected chi connectivity index (χ4v) is 2.72. The van der Waals surface area contributed by atoms with Gasteiger partial charge in [0.25, 0.3) is 0 Å². The van der Waals surface area contributed by atoms with E-state index >= 15 is 0 Å². The van der Waals surface area contributed by atoms with Crippen molar-refractivity contribution in [3.05, 3.63) is 18.2 Å². The summed E-state index contributed by atoms with van der Waals surface area (Å²) in [5.74, 6) is 0.301. The molecule has 18 heavy (non-hydrogen) atoms. The molecule has 0 aliphatic heterocycles. The number of ether oxygens (including phenoxy) is 1. The van der Waals surface area contributed by atoms with Gasteiger partial charge in [-0.3, -0.25) is 0 Å². The molecule has 0 heterocycles. The standard InChI is InChI=1S/C11H18N2O4S/c1-3-8(7-14)13-18(15,16)9-4-5-10(12)11(6-9)17-2/h4-6,8,13-14H,3,7,12H2,1-2H3/t8-/m0/s1. The fourth-order valence-electron chi connectivity index (χ4n) is 1.40. The van der Waals surface area contributed by atoms with Crippen LogP contribution in [0.15, 0.2) is 23.1 Å². The summed E-state index contributed by atoms with van der Waals surface area (Å²) in [6.45, 7) is 1.54. The first-order valence-corrected chi connectivity index (χ1v) is 6.99. The summed E-state index contributed by atoms with van der Waals surface area (Å²) in [4.78, 5) is 0.0560. The molecule has 0 aromatic heterocycles. The molecule has 4 N–H and O–H groups in total. The molecule has 0 radical (unpaired) electrons. The Labute approximate surface area is 107 Å². The van der Waals surface area contributed by atoms with Crippen LogP contribution in [-0.2, 0) is 10.0 Å². The van der Waals surface area contributed by atoms with Crippen molar-refractivity contribution >= 4 is 15.7 Å². The molecule has 1 aromatic rings. The van der Waals surface area contributed by atoms with Crippen molar-refractivity contribution in [2.24, 2.45) is 0 Å². The zero-order valence-corrected chi connectivity index (χ0v) is 11.2. The Hall–Kier alpha value is -1.31. The number of aliphatic hydroxyl groups is 1. The van der Waals surface area contributed by atoms with E-state index in [4.69, 9.17) is 15.6 Å². The second kappa shape index (κ2) is 6.03. The highest BCUT2D eigenvalue weighted by Crippen LogP contribution is 2.24. The number of nitrogens with two attached hydrogens (primary N) is 1. The third kappa shape index (κ3) is 3.34. The number of hydrogen-bond acceptors (Lipinski definition) is 5. The van der Waals surface area contributed by atoms with Crippen molar-refractivity contribution in [2.75, 3.05) is 19.5 Å². The molecular formula is C11H18N2O4S. The lowest BCUT2D eigenvalue weighted by Crippen LogP contribution is -2.36. The first-order chi connectivity index (χ1) is 8.44. The molecule has 102 valence electrons. The van der Waals surface area contributed by atoms with E-state index in [2.05, 4.69) is 4.72 Å². The minimum Gasteiger partial charge on any atom is -0.495 e. The average Bonchev–Trinajstić information content (AvgIpc) is 2.36. The van der Waals surface area contributed by atoms with E-state index < -0.39 is 16.1 Å². The highest BCUT2D eigenvalue weighted by atomic mass is 32.2. The first kappa shape index (κ1) is 14.7. The van der Waals surface area contributed by atoms with Crippen molar-refractivity contribution in [1.82, 2.24) is 4.72 Å². The maximum Gasteiger partial charge on any atom is 0.241 e. The lowest BCUT2D eigenvalue weighted by molar-refractivity contribution is 0.254. The molecule has 0 saturated carbocycles. The number of methoxy groups -OCH3 is 1. The number of aliphatic hydroxyl groups excluding tert-OH is 1. The summed E-state index contributed by atoms with van der Waals surface area (Å²) in [6.07, 6.45) is 0.502. The molecular weight excluding hydrogens is 256 g/mol. The van der Waals surface area contributed by atoms with Crippen molar-refractivity contribution in [3.63, 3.8) is 0 Å². The van der Waals surface area contributed by atoms with Crippen LogP contribution in [0, 0.1) is 0 Å². The third-order valence-electron chi connectivity index (χ3n) is 2.55. The number of rotatable bonds is 6. The Balaban J connectivity index is 3.05. The summed E-state index contributed by atoms with van der Waals surface area (Å²) >= 11 is 0. The lowest BCUT2D eigenvalue weighted by Gasteiger charge is -2.15. The largest absolute Gasteiger partial charge is 0.495 e. The summed E-state index contributed by atoms with van der Waals surface area (Å²) in [5.41, 5.74) is 5.98. The van der Waals surface area contributed by atoms with E-state index in [1.807, 2.05) is 0 Å². The van der Waals surface area contributed by atoms with E-state index in [1.54, 1.807) is 6.92 Å². The molecule has 0 amide bonds. The molecule has 0 spiro atoms. The number of nitrogen functional groups attached to an aromatic ring is 1. The van der Waals surface area contributed by atoms with Gasteiger partial charge >= 0.3 is 0 Å². The second-order valence-electron chi connectivity index (χ2n) is 3.81. The Morgan fingerprint density at radius 1 is 1.50 bits per heavy atom. The van der Waals surface area contributed by atoms with Crippen LogP contribution in [0.2, 0.25) is 0 Å². The van der Waals surface area contributed by atoms with Crippen LogP contribution in [0.5, 0.6) is 5.75 Å². The lowest BCUT2D eigenvalue weighted by atomic mass is 10.3. The quantitative estimate of drug-likeness (QED) is 0.649. The van der Waals surface area contributed by atoms with Crippen molar-refractivity contribution in [2.45, 2.75) is 24.3 Å². The molecule has 1 atom stereocenters. The molecule has 0 aliphatic rings. The van der Waals surface area contributed by atoms with Gasteiger partial charge in [-0.15, -0.1) is 0 Å². The van der Waals surface area contributed by atoms with Gasteiger partial charge in [-0.1, -0.05) is 6.92 Å². The number of hydrogen-bond donors (Lipinski definition) is 3. The fraction of sp³-hybridized carbons (Fsp3) is 0.455. The minimum absolute atomic E-state index is 0.0560. The molecule has 0 fully saturated rings. The Morgan fingerprint density at radius 3 is 2.67 bits per heavy atom. The second-order valence-corrected chi connectivity index (χ2v) is 5.53. The number of benzene rings is 1. The van der Waals surface area contributed by atoms with Gasteiger partial charge < -0.3 is 15.6 Å².